The summed E-state index contributed by atoms with van der Waals surface area (Å²) < 4.78 is 26.2. The van der Waals surface area contributed by atoms with Gasteiger partial charge in [-0.1, -0.05) is 29.0 Å². The smallest absolute Gasteiger partial charge is 0.228 e. The number of hydrogen-bond donors (Lipinski definition) is 0. The summed E-state index contributed by atoms with van der Waals surface area (Å²) in [5.41, 5.74) is 0.896. The average Bonchev–Trinajstić information content (AvgIpc) is 3.17. The van der Waals surface area contributed by atoms with Crippen molar-refractivity contribution in [3.63, 3.8) is 0 Å². The van der Waals surface area contributed by atoms with E-state index >= 15 is 0 Å². The Kier molecular flexibility index (Phi) is 10.5. The molecule has 0 saturated carbocycles. The second kappa shape index (κ2) is 12.4. The first-order valence-electron chi connectivity index (χ1n) is 10.1. The van der Waals surface area contributed by atoms with Gasteiger partial charge in [0.15, 0.2) is 15.0 Å². The molecule has 0 unspecified atom stereocenters. The van der Waals surface area contributed by atoms with Crippen molar-refractivity contribution in [3.8, 4) is 0 Å². The summed E-state index contributed by atoms with van der Waals surface area (Å²) in [6, 6.07) is 12.1. The molecule has 3 aromatic rings. The first kappa shape index (κ1) is 27.9. The monoisotopic (exact) mass is 547 g/mol. The Labute approximate surface area is 214 Å². The first-order valence-corrected chi connectivity index (χ1v) is 14.2. The van der Waals surface area contributed by atoms with Crippen molar-refractivity contribution in [2.24, 2.45) is 0 Å². The molecule has 180 valence electrons. The van der Waals surface area contributed by atoms with Crippen LogP contribution in [0, 0.1) is 0 Å². The minimum atomic E-state index is -3.47. The van der Waals surface area contributed by atoms with Gasteiger partial charge in [0.2, 0.25) is 5.91 Å². The normalized spacial score (nSPS) is 11.5. The van der Waals surface area contributed by atoms with Crippen LogP contribution in [0.1, 0.15) is 12.8 Å². The number of carbonyl (C=O) groups excluding carboxylic acids is 1. The van der Waals surface area contributed by atoms with E-state index in [-0.39, 0.29) is 41.8 Å². The summed E-state index contributed by atoms with van der Waals surface area (Å²) in [6.07, 6.45) is 2.37. The van der Waals surface area contributed by atoms with Crippen molar-refractivity contribution in [2.75, 3.05) is 44.1 Å². The van der Waals surface area contributed by atoms with Crippen LogP contribution >= 0.6 is 47.1 Å². The number of hydrogen-bond acceptors (Lipinski definition) is 7. The lowest BCUT2D eigenvalue weighted by atomic mass is 10.3. The molecule has 0 aliphatic carbocycles. The molecule has 3 rings (SSSR count). The van der Waals surface area contributed by atoms with Crippen LogP contribution in [-0.2, 0) is 14.6 Å². The topological polar surface area (TPSA) is 70.6 Å². The number of aromatic nitrogens is 1. The fourth-order valence-corrected chi connectivity index (χ4v) is 6.23. The lowest BCUT2D eigenvalue weighted by molar-refractivity contribution is -0.118. The van der Waals surface area contributed by atoms with Crippen LogP contribution < -0.4 is 4.90 Å². The summed E-state index contributed by atoms with van der Waals surface area (Å²) in [5, 5.41) is 1.13. The number of para-hydroxylation sites is 1. The average molecular weight is 549 g/mol. The molecule has 33 heavy (non-hydrogen) atoms. The highest BCUT2D eigenvalue weighted by molar-refractivity contribution is 7.98. The summed E-state index contributed by atoms with van der Waals surface area (Å²) in [7, 11) is 0.428. The molecule has 1 amide bonds. The Hall–Kier alpha value is -1.36. The summed E-state index contributed by atoms with van der Waals surface area (Å²) in [6.45, 7) is 1.17. The second-order valence-corrected chi connectivity index (χ2v) is 11.9. The van der Waals surface area contributed by atoms with Crippen LogP contribution in [-0.4, -0.2) is 63.4 Å². The van der Waals surface area contributed by atoms with Crippen molar-refractivity contribution < 1.29 is 13.2 Å². The molecule has 1 aromatic heterocycles. The van der Waals surface area contributed by atoms with Gasteiger partial charge in [0.1, 0.15) is 0 Å². The number of carbonyl (C=O) groups is 1. The van der Waals surface area contributed by atoms with E-state index in [0.29, 0.717) is 23.2 Å². The molecule has 0 aliphatic rings. The van der Waals surface area contributed by atoms with Crippen molar-refractivity contribution in [1.82, 2.24) is 9.88 Å². The third-order valence-electron chi connectivity index (χ3n) is 4.87. The minimum absolute atomic E-state index is 0. The molecule has 0 bridgehead atoms. The number of thiazole rings is 1. The van der Waals surface area contributed by atoms with Gasteiger partial charge in [-0.25, -0.2) is 13.4 Å². The van der Waals surface area contributed by atoms with Gasteiger partial charge >= 0.3 is 0 Å². The standard InChI is InChI=1S/C22H26ClN3O3S3.ClH/c1-25(2)13-14-26(22-24-21-18(30-3)6-4-7-19(21)31-22)20(27)8-5-15-32(28,29)17-11-9-16(23)10-12-17;/h4,6-7,9-12H,5,8,13-15H2,1-3H3;1H. The minimum Gasteiger partial charge on any atom is -0.308 e. The van der Waals surface area contributed by atoms with Crippen molar-refractivity contribution >= 4 is 78.2 Å². The number of fused-ring (bicyclic) bond motifs is 1. The highest BCUT2D eigenvalue weighted by Crippen LogP contribution is 2.34. The summed E-state index contributed by atoms with van der Waals surface area (Å²) in [4.78, 5) is 22.8. The van der Waals surface area contributed by atoms with Gasteiger partial charge in [0.05, 0.1) is 20.9 Å². The Morgan fingerprint density at radius 1 is 1.12 bits per heavy atom. The van der Waals surface area contributed by atoms with Gasteiger partial charge in [-0.05, 0) is 63.2 Å². The van der Waals surface area contributed by atoms with Gasteiger partial charge in [0.25, 0.3) is 0 Å². The fraction of sp³-hybridized carbons (Fsp3) is 0.364. The molecule has 1 heterocycles. The molecular formula is C22H27Cl2N3O3S3. The van der Waals surface area contributed by atoms with Gasteiger partial charge in [-0.3, -0.25) is 9.69 Å². The van der Waals surface area contributed by atoms with Gasteiger partial charge in [-0.2, -0.15) is 0 Å². The number of benzene rings is 2. The molecule has 0 fully saturated rings. The Morgan fingerprint density at radius 2 is 1.82 bits per heavy atom. The molecule has 0 spiro atoms. The van der Waals surface area contributed by atoms with Crippen molar-refractivity contribution in [3.05, 3.63) is 47.5 Å². The lowest BCUT2D eigenvalue weighted by Gasteiger charge is -2.22. The molecule has 0 atom stereocenters. The van der Waals surface area contributed by atoms with Gasteiger partial charge in [0, 0.05) is 29.4 Å². The predicted molar refractivity (Wildman–Crippen MR) is 142 cm³/mol. The third-order valence-corrected chi connectivity index (χ3v) is 8.75. The zero-order valence-electron chi connectivity index (χ0n) is 18.7. The van der Waals surface area contributed by atoms with Gasteiger partial charge < -0.3 is 4.90 Å². The highest BCUT2D eigenvalue weighted by Gasteiger charge is 2.22. The molecule has 0 aliphatic heterocycles. The van der Waals surface area contributed by atoms with Crippen LogP contribution in [0.5, 0.6) is 0 Å². The number of amides is 1. The number of sulfone groups is 1. The Morgan fingerprint density at radius 3 is 2.45 bits per heavy atom. The number of nitrogens with zero attached hydrogens (tertiary/aromatic N) is 3. The van der Waals surface area contributed by atoms with Crippen LogP contribution in [0.4, 0.5) is 5.13 Å². The molecule has 11 heteroatoms. The van der Waals surface area contributed by atoms with Crippen LogP contribution in [0.3, 0.4) is 0 Å². The molecule has 0 N–H and O–H groups in total. The van der Waals surface area contributed by atoms with Crippen molar-refractivity contribution in [1.29, 1.82) is 0 Å². The zero-order valence-corrected chi connectivity index (χ0v) is 22.7. The number of anilines is 1. The second-order valence-electron chi connectivity index (χ2n) is 7.53. The van der Waals surface area contributed by atoms with E-state index in [1.807, 2.05) is 43.5 Å². The van der Waals surface area contributed by atoms with E-state index in [4.69, 9.17) is 16.6 Å². The third kappa shape index (κ3) is 7.31. The van der Waals surface area contributed by atoms with Crippen LogP contribution in [0.2, 0.25) is 5.02 Å². The molecule has 2 aromatic carbocycles. The summed E-state index contributed by atoms with van der Waals surface area (Å²) in [5.74, 6) is -0.221. The predicted octanol–water partition coefficient (Wildman–Crippen LogP) is 5.24. The molecule has 0 saturated heterocycles. The van der Waals surface area contributed by atoms with Gasteiger partial charge in [-0.15, -0.1) is 24.2 Å². The molecule has 6 nitrogen and oxygen atoms in total. The van der Waals surface area contributed by atoms with Crippen LogP contribution in [0.15, 0.2) is 52.3 Å². The van der Waals surface area contributed by atoms with Crippen molar-refractivity contribution in [2.45, 2.75) is 22.6 Å². The Bertz CT molecular complexity index is 1180. The summed E-state index contributed by atoms with van der Waals surface area (Å²) >= 11 is 8.95. The SMILES string of the molecule is CSc1cccc2sc(N(CCN(C)C)C(=O)CCCS(=O)(=O)c3ccc(Cl)cc3)nc12.Cl. The largest absolute Gasteiger partial charge is 0.308 e. The maximum absolute atomic E-state index is 13.1. The van der Waals surface area contributed by atoms with E-state index in [0.717, 1.165) is 15.1 Å². The number of thioether (sulfide) groups is 1. The zero-order chi connectivity index (χ0) is 23.3. The highest BCUT2D eigenvalue weighted by atomic mass is 35.5. The van der Waals surface area contributed by atoms with E-state index in [1.54, 1.807) is 28.8 Å². The maximum Gasteiger partial charge on any atom is 0.228 e. The number of halogens is 2. The van der Waals surface area contributed by atoms with E-state index < -0.39 is 9.84 Å². The molecule has 0 radical (unpaired) electrons. The number of rotatable bonds is 10. The van der Waals surface area contributed by atoms with E-state index in [1.165, 1.54) is 23.5 Å². The lowest BCUT2D eigenvalue weighted by Crippen LogP contribution is -2.36. The first-order chi connectivity index (χ1) is 15.2. The van der Waals surface area contributed by atoms with E-state index in [9.17, 15) is 13.2 Å². The van der Waals surface area contributed by atoms with Crippen LogP contribution in [0.25, 0.3) is 10.2 Å². The van der Waals surface area contributed by atoms with E-state index in [2.05, 4.69) is 0 Å². The fourth-order valence-electron chi connectivity index (χ4n) is 3.13. The Balaban J connectivity index is 0.00000385. The number of likely N-dealkylation sites (N-methyl/N-ethyl adjacent to an activating group) is 1. The molecular weight excluding hydrogens is 521 g/mol. The quantitative estimate of drug-likeness (QED) is 0.323. The maximum atomic E-state index is 13.1.